The second kappa shape index (κ2) is 12.7. The highest BCUT2D eigenvalue weighted by Gasteiger charge is 2.22. The lowest BCUT2D eigenvalue weighted by Crippen LogP contribution is -2.09. The molecule has 0 aliphatic carbocycles. The van der Waals surface area contributed by atoms with Crippen LogP contribution in [0.4, 0.5) is 17.1 Å². The van der Waals surface area contributed by atoms with Gasteiger partial charge in [-0.1, -0.05) is 152 Å². The summed E-state index contributed by atoms with van der Waals surface area (Å²) in [6.45, 7) is 0. The number of para-hydroxylation sites is 2. The van der Waals surface area contributed by atoms with Gasteiger partial charge in [-0.15, -0.1) is 0 Å². The normalized spacial score (nSPS) is 11.2. The Morgan fingerprint density at radius 3 is 1.44 bits per heavy atom. The molecule has 0 fully saturated rings. The van der Waals surface area contributed by atoms with Gasteiger partial charge in [-0.05, 0) is 70.6 Å². The number of aromatic nitrogens is 2. The average molecular weight is 640 g/mol. The third-order valence-corrected chi connectivity index (χ3v) is 9.38. The van der Waals surface area contributed by atoms with Gasteiger partial charge >= 0.3 is 0 Å². The van der Waals surface area contributed by atoms with Gasteiger partial charge in [0.25, 0.3) is 0 Å². The number of hydrogen-bond donors (Lipinski definition) is 0. The summed E-state index contributed by atoms with van der Waals surface area (Å²) in [6.07, 6.45) is 0. The maximum absolute atomic E-state index is 5.35. The number of rotatable bonds is 7. The van der Waals surface area contributed by atoms with E-state index in [-0.39, 0.29) is 0 Å². The van der Waals surface area contributed by atoms with Crippen LogP contribution in [0.25, 0.3) is 61.1 Å². The van der Waals surface area contributed by atoms with Crippen LogP contribution in [0, 0.1) is 0 Å². The molecule has 0 radical (unpaired) electrons. The zero-order valence-corrected chi connectivity index (χ0v) is 27.4. The number of hydrogen-bond acceptors (Lipinski definition) is 2. The first-order chi connectivity index (χ1) is 24.8. The van der Waals surface area contributed by atoms with E-state index < -0.39 is 0 Å². The summed E-state index contributed by atoms with van der Waals surface area (Å²) in [5.41, 5.74) is 13.3. The van der Waals surface area contributed by atoms with Crippen molar-refractivity contribution in [2.75, 3.05) is 4.90 Å². The van der Waals surface area contributed by atoms with Gasteiger partial charge in [0.05, 0.1) is 11.2 Å². The van der Waals surface area contributed by atoms with Crippen LogP contribution in [0.1, 0.15) is 0 Å². The molecule has 0 atom stereocenters. The summed E-state index contributed by atoms with van der Waals surface area (Å²) in [5.74, 6) is 0. The first kappa shape index (κ1) is 29.4. The minimum atomic E-state index is 0.975. The molecule has 7 aromatic carbocycles. The molecule has 3 nitrogen and oxygen atoms in total. The van der Waals surface area contributed by atoms with Gasteiger partial charge in [-0.3, -0.25) is 0 Å². The van der Waals surface area contributed by atoms with Crippen molar-refractivity contribution in [3.05, 3.63) is 200 Å². The maximum atomic E-state index is 5.35. The molecule has 9 aromatic rings. The third kappa shape index (κ3) is 5.32. The van der Waals surface area contributed by atoms with Crippen molar-refractivity contribution in [2.24, 2.45) is 0 Å². The number of anilines is 3. The number of benzene rings is 7. The van der Waals surface area contributed by atoms with Crippen LogP contribution >= 0.6 is 0 Å². The summed E-state index contributed by atoms with van der Waals surface area (Å²) in [6, 6.07) is 70.9. The van der Waals surface area contributed by atoms with Gasteiger partial charge in [0, 0.05) is 39.1 Å². The van der Waals surface area contributed by atoms with E-state index in [0.717, 1.165) is 61.6 Å². The lowest BCUT2D eigenvalue weighted by Gasteiger charge is -2.25. The molecule has 0 aliphatic heterocycles. The highest BCUT2D eigenvalue weighted by molar-refractivity contribution is 6.09. The van der Waals surface area contributed by atoms with E-state index in [9.17, 15) is 0 Å². The molecule has 0 spiro atoms. The van der Waals surface area contributed by atoms with E-state index in [1.807, 2.05) is 0 Å². The van der Waals surface area contributed by atoms with Crippen LogP contribution in [-0.4, -0.2) is 9.61 Å². The van der Waals surface area contributed by atoms with Crippen LogP contribution in [0.2, 0.25) is 0 Å². The van der Waals surface area contributed by atoms with E-state index in [2.05, 4.69) is 210 Å². The Morgan fingerprint density at radius 2 is 0.860 bits per heavy atom. The van der Waals surface area contributed by atoms with Gasteiger partial charge < -0.3 is 4.90 Å². The van der Waals surface area contributed by atoms with Crippen molar-refractivity contribution in [3.8, 4) is 44.8 Å². The molecule has 0 aliphatic rings. The van der Waals surface area contributed by atoms with Crippen LogP contribution in [0.3, 0.4) is 0 Å². The fourth-order valence-corrected chi connectivity index (χ4v) is 7.02. The summed E-state index contributed by atoms with van der Waals surface area (Å²) in [4.78, 5) is 2.29. The van der Waals surface area contributed by atoms with Crippen molar-refractivity contribution in [2.45, 2.75) is 0 Å². The second-order valence-corrected chi connectivity index (χ2v) is 12.5. The first-order valence-electron chi connectivity index (χ1n) is 17.0. The predicted molar refractivity (Wildman–Crippen MR) is 209 cm³/mol. The van der Waals surface area contributed by atoms with E-state index in [1.54, 1.807) is 0 Å². The summed E-state index contributed by atoms with van der Waals surface area (Å²) in [7, 11) is 0. The Balaban J connectivity index is 1.23. The molecule has 50 heavy (non-hydrogen) atoms. The molecule has 0 unspecified atom stereocenters. The summed E-state index contributed by atoms with van der Waals surface area (Å²) >= 11 is 0. The van der Waals surface area contributed by atoms with Gasteiger partial charge in [-0.25, -0.2) is 4.52 Å². The molecule has 0 N–H and O–H groups in total. The molecule has 3 heteroatoms. The minimum Gasteiger partial charge on any atom is -0.311 e. The van der Waals surface area contributed by atoms with Crippen molar-refractivity contribution in [3.63, 3.8) is 0 Å². The molecule has 236 valence electrons. The molecule has 0 saturated carbocycles. The SMILES string of the molecule is c1ccc(-c2nn3c(-c4ccccc4)cc4cc(-c5ccc(N(c6ccccc6)c6ccccc6)cc5)ccc4c3c2-c2ccccc2)cc1. The highest BCUT2D eigenvalue weighted by atomic mass is 15.2. The lowest BCUT2D eigenvalue weighted by atomic mass is 9.95. The molecule has 9 rings (SSSR count). The Hall–Kier alpha value is -6.71. The van der Waals surface area contributed by atoms with E-state index >= 15 is 0 Å². The zero-order chi connectivity index (χ0) is 33.3. The molecule has 0 saturated heterocycles. The Labute approximate surface area is 292 Å². The summed E-state index contributed by atoms with van der Waals surface area (Å²) in [5, 5.41) is 7.69. The van der Waals surface area contributed by atoms with Gasteiger partial charge in [-0.2, -0.15) is 5.10 Å². The van der Waals surface area contributed by atoms with Crippen molar-refractivity contribution >= 4 is 33.4 Å². The quantitative estimate of drug-likeness (QED) is 0.173. The summed E-state index contributed by atoms with van der Waals surface area (Å²) < 4.78 is 2.15. The van der Waals surface area contributed by atoms with Crippen molar-refractivity contribution in [1.29, 1.82) is 0 Å². The second-order valence-electron chi connectivity index (χ2n) is 12.5. The van der Waals surface area contributed by atoms with Crippen molar-refractivity contribution < 1.29 is 0 Å². The highest BCUT2D eigenvalue weighted by Crippen LogP contribution is 2.42. The molecule has 2 heterocycles. The fourth-order valence-electron chi connectivity index (χ4n) is 7.02. The lowest BCUT2D eigenvalue weighted by molar-refractivity contribution is 0.979. The Morgan fingerprint density at radius 1 is 0.380 bits per heavy atom. The predicted octanol–water partition coefficient (Wildman–Crippen LogP) is 12.6. The van der Waals surface area contributed by atoms with Crippen LogP contribution in [0.5, 0.6) is 0 Å². The van der Waals surface area contributed by atoms with E-state index in [1.165, 1.54) is 16.5 Å². The first-order valence-corrected chi connectivity index (χ1v) is 17.0. The third-order valence-electron chi connectivity index (χ3n) is 9.38. The maximum Gasteiger partial charge on any atom is 0.101 e. The van der Waals surface area contributed by atoms with Gasteiger partial charge in [0.2, 0.25) is 0 Å². The standard InChI is InChI=1S/C47H33N3/c1-6-16-35(17-7-1)44-33-39-32-38(34-26-29-42(30-27-34)49(40-22-12-4-13-23-40)41-24-14-5-15-25-41)28-31-43(39)47-45(36-18-8-2-9-19-36)46(48-50(44)47)37-20-10-3-11-21-37/h1-33H. The van der Waals surface area contributed by atoms with E-state index in [0.29, 0.717) is 0 Å². The van der Waals surface area contributed by atoms with Crippen LogP contribution in [0.15, 0.2) is 200 Å². The van der Waals surface area contributed by atoms with Crippen LogP contribution in [-0.2, 0) is 0 Å². The number of fused-ring (bicyclic) bond motifs is 3. The molecule has 0 bridgehead atoms. The van der Waals surface area contributed by atoms with Gasteiger partial charge in [0.15, 0.2) is 0 Å². The number of pyridine rings is 1. The smallest absolute Gasteiger partial charge is 0.101 e. The minimum absolute atomic E-state index is 0.975. The molecule has 2 aromatic heterocycles. The fraction of sp³-hybridized carbons (Fsp3) is 0. The number of nitrogens with zero attached hydrogens (tertiary/aromatic N) is 3. The van der Waals surface area contributed by atoms with E-state index in [4.69, 9.17) is 5.10 Å². The molecular formula is C47H33N3. The van der Waals surface area contributed by atoms with Crippen molar-refractivity contribution in [1.82, 2.24) is 9.61 Å². The molecular weight excluding hydrogens is 607 g/mol. The largest absolute Gasteiger partial charge is 0.311 e. The monoisotopic (exact) mass is 639 g/mol. The topological polar surface area (TPSA) is 20.5 Å². The Kier molecular flexibility index (Phi) is 7.49. The molecule has 0 amide bonds. The average Bonchev–Trinajstić information content (AvgIpc) is 3.61. The van der Waals surface area contributed by atoms with Gasteiger partial charge in [0.1, 0.15) is 5.69 Å². The zero-order valence-electron chi connectivity index (χ0n) is 27.4. The van der Waals surface area contributed by atoms with Crippen LogP contribution < -0.4 is 4.90 Å². The Bertz CT molecular complexity index is 2500.